The van der Waals surface area contributed by atoms with Crippen molar-refractivity contribution in [2.75, 3.05) is 13.2 Å². The Labute approximate surface area is 104 Å². The van der Waals surface area contributed by atoms with Gasteiger partial charge < -0.3 is 10.5 Å². The third-order valence-corrected chi connectivity index (χ3v) is 3.83. The van der Waals surface area contributed by atoms with Gasteiger partial charge in [0.05, 0.1) is 6.10 Å². The normalized spacial score (nSPS) is 26.7. The molecule has 1 aliphatic heterocycles. The Bertz CT molecular complexity index is 325. The summed E-state index contributed by atoms with van der Waals surface area (Å²) in [6.07, 6.45) is 3.83. The lowest BCUT2D eigenvalue weighted by Gasteiger charge is -2.32. The zero-order valence-electron chi connectivity index (χ0n) is 10.6. The molecule has 94 valence electrons. The topological polar surface area (TPSA) is 35.2 Å². The van der Waals surface area contributed by atoms with Crippen molar-refractivity contribution in [3.05, 3.63) is 35.9 Å². The van der Waals surface area contributed by atoms with Gasteiger partial charge in [0, 0.05) is 6.61 Å². The molecular weight excluding hydrogens is 210 g/mol. The monoisotopic (exact) mass is 233 g/mol. The van der Waals surface area contributed by atoms with Gasteiger partial charge in [-0.05, 0) is 43.2 Å². The Kier molecular flexibility index (Phi) is 4.57. The van der Waals surface area contributed by atoms with Crippen LogP contribution in [0, 0.1) is 5.92 Å². The van der Waals surface area contributed by atoms with Gasteiger partial charge in [-0.3, -0.25) is 0 Å². The first-order valence-electron chi connectivity index (χ1n) is 6.68. The molecule has 1 saturated heterocycles. The van der Waals surface area contributed by atoms with Crippen molar-refractivity contribution < 1.29 is 4.74 Å². The van der Waals surface area contributed by atoms with E-state index in [1.165, 1.54) is 12.0 Å². The lowest BCUT2D eigenvalue weighted by atomic mass is 9.86. The molecule has 0 radical (unpaired) electrons. The fraction of sp³-hybridized carbons (Fsp3) is 0.600. The van der Waals surface area contributed by atoms with Gasteiger partial charge in [-0.2, -0.15) is 0 Å². The van der Waals surface area contributed by atoms with Crippen molar-refractivity contribution in [1.29, 1.82) is 0 Å². The second-order valence-corrected chi connectivity index (χ2v) is 5.09. The maximum absolute atomic E-state index is 5.89. The van der Waals surface area contributed by atoms with E-state index in [1.54, 1.807) is 0 Å². The number of hydrogen-bond donors (Lipinski definition) is 1. The van der Waals surface area contributed by atoms with E-state index in [-0.39, 0.29) is 0 Å². The van der Waals surface area contributed by atoms with Crippen LogP contribution in [0.1, 0.15) is 37.7 Å². The number of nitrogens with two attached hydrogens (primary N) is 1. The molecule has 2 N–H and O–H groups in total. The van der Waals surface area contributed by atoms with E-state index < -0.39 is 0 Å². The minimum absolute atomic E-state index is 0.351. The Morgan fingerprint density at radius 1 is 1.35 bits per heavy atom. The van der Waals surface area contributed by atoms with E-state index in [0.29, 0.717) is 17.9 Å². The quantitative estimate of drug-likeness (QED) is 0.867. The van der Waals surface area contributed by atoms with Gasteiger partial charge in [0.25, 0.3) is 0 Å². The third kappa shape index (κ3) is 3.30. The van der Waals surface area contributed by atoms with E-state index >= 15 is 0 Å². The number of rotatable bonds is 4. The second-order valence-electron chi connectivity index (χ2n) is 5.09. The molecular formula is C15H23NO. The highest BCUT2D eigenvalue weighted by Gasteiger charge is 2.26. The van der Waals surface area contributed by atoms with Crippen LogP contribution in [0.3, 0.4) is 0 Å². The minimum Gasteiger partial charge on any atom is -0.378 e. The zero-order valence-corrected chi connectivity index (χ0v) is 10.6. The van der Waals surface area contributed by atoms with Crippen molar-refractivity contribution in [1.82, 2.24) is 0 Å². The van der Waals surface area contributed by atoms with Gasteiger partial charge in [-0.25, -0.2) is 0 Å². The van der Waals surface area contributed by atoms with Crippen LogP contribution in [0.25, 0.3) is 0 Å². The average molecular weight is 233 g/mol. The highest BCUT2D eigenvalue weighted by molar-refractivity contribution is 5.18. The number of benzene rings is 1. The van der Waals surface area contributed by atoms with Crippen LogP contribution in [-0.2, 0) is 4.74 Å². The number of ether oxygens (including phenoxy) is 1. The summed E-state index contributed by atoms with van der Waals surface area (Å²) in [5, 5.41) is 0. The van der Waals surface area contributed by atoms with E-state index in [1.807, 2.05) is 0 Å². The molecule has 1 fully saturated rings. The van der Waals surface area contributed by atoms with E-state index in [0.717, 1.165) is 26.0 Å². The summed E-state index contributed by atoms with van der Waals surface area (Å²) in [5.74, 6) is 1.10. The summed E-state index contributed by atoms with van der Waals surface area (Å²) in [5.41, 5.74) is 7.23. The van der Waals surface area contributed by atoms with Crippen LogP contribution >= 0.6 is 0 Å². The molecule has 0 aromatic heterocycles. The lowest BCUT2D eigenvalue weighted by molar-refractivity contribution is -0.0305. The van der Waals surface area contributed by atoms with Crippen molar-refractivity contribution in [2.24, 2.45) is 11.7 Å². The molecule has 1 heterocycles. The van der Waals surface area contributed by atoms with E-state index in [4.69, 9.17) is 10.5 Å². The van der Waals surface area contributed by atoms with Crippen molar-refractivity contribution in [3.63, 3.8) is 0 Å². The molecule has 1 aromatic carbocycles. The van der Waals surface area contributed by atoms with Gasteiger partial charge in [0.1, 0.15) is 0 Å². The smallest absolute Gasteiger partial charge is 0.0621 e. The summed E-state index contributed by atoms with van der Waals surface area (Å²) in [6, 6.07) is 10.7. The molecule has 0 saturated carbocycles. The Morgan fingerprint density at radius 3 is 2.82 bits per heavy atom. The predicted octanol–water partition coefficient (Wildman–Crippen LogP) is 2.93. The predicted molar refractivity (Wildman–Crippen MR) is 71.0 cm³/mol. The SMILES string of the molecule is CC(CC1OCCCC1CN)c1ccccc1. The molecule has 0 aliphatic carbocycles. The van der Waals surface area contributed by atoms with Crippen LogP contribution < -0.4 is 5.73 Å². The molecule has 17 heavy (non-hydrogen) atoms. The average Bonchev–Trinajstić information content (AvgIpc) is 2.40. The molecule has 2 nitrogen and oxygen atoms in total. The molecule has 0 bridgehead atoms. The molecule has 2 rings (SSSR count). The summed E-state index contributed by atoms with van der Waals surface area (Å²) < 4.78 is 5.89. The fourth-order valence-electron chi connectivity index (χ4n) is 2.70. The Balaban J connectivity index is 1.95. The third-order valence-electron chi connectivity index (χ3n) is 3.83. The first-order chi connectivity index (χ1) is 8.31. The molecule has 3 atom stereocenters. The minimum atomic E-state index is 0.351. The van der Waals surface area contributed by atoms with Crippen LogP contribution in [0.4, 0.5) is 0 Å². The van der Waals surface area contributed by atoms with Gasteiger partial charge in [0.15, 0.2) is 0 Å². The summed E-state index contributed by atoms with van der Waals surface area (Å²) >= 11 is 0. The first kappa shape index (κ1) is 12.6. The fourth-order valence-corrected chi connectivity index (χ4v) is 2.70. The highest BCUT2D eigenvalue weighted by Crippen LogP contribution is 2.29. The van der Waals surface area contributed by atoms with Gasteiger partial charge in [0.2, 0.25) is 0 Å². The molecule has 1 aromatic rings. The van der Waals surface area contributed by atoms with Gasteiger partial charge >= 0.3 is 0 Å². The van der Waals surface area contributed by atoms with Crippen molar-refractivity contribution in [2.45, 2.75) is 38.2 Å². The molecule has 1 aliphatic rings. The molecule has 0 amide bonds. The zero-order chi connectivity index (χ0) is 12.1. The Hall–Kier alpha value is -0.860. The maximum Gasteiger partial charge on any atom is 0.0621 e. The van der Waals surface area contributed by atoms with Crippen LogP contribution in [0.5, 0.6) is 0 Å². The first-order valence-corrected chi connectivity index (χ1v) is 6.68. The van der Waals surface area contributed by atoms with Crippen LogP contribution in [-0.4, -0.2) is 19.3 Å². The Morgan fingerprint density at radius 2 is 2.12 bits per heavy atom. The summed E-state index contributed by atoms with van der Waals surface area (Å²) in [6.45, 7) is 3.94. The molecule has 0 spiro atoms. The molecule has 2 heteroatoms. The second kappa shape index (κ2) is 6.18. The van der Waals surface area contributed by atoms with Gasteiger partial charge in [-0.1, -0.05) is 37.3 Å². The van der Waals surface area contributed by atoms with Gasteiger partial charge in [-0.15, -0.1) is 0 Å². The summed E-state index contributed by atoms with van der Waals surface area (Å²) in [4.78, 5) is 0. The van der Waals surface area contributed by atoms with E-state index in [9.17, 15) is 0 Å². The van der Waals surface area contributed by atoms with Crippen molar-refractivity contribution >= 4 is 0 Å². The largest absolute Gasteiger partial charge is 0.378 e. The van der Waals surface area contributed by atoms with E-state index in [2.05, 4.69) is 37.3 Å². The lowest BCUT2D eigenvalue weighted by Crippen LogP contribution is -2.35. The van der Waals surface area contributed by atoms with Crippen molar-refractivity contribution in [3.8, 4) is 0 Å². The van der Waals surface area contributed by atoms with Crippen LogP contribution in [0.2, 0.25) is 0 Å². The standard InChI is InChI=1S/C15H23NO/c1-12(13-6-3-2-4-7-13)10-15-14(11-16)8-5-9-17-15/h2-4,6-7,12,14-15H,5,8-11,16H2,1H3. The highest BCUT2D eigenvalue weighted by atomic mass is 16.5. The summed E-state index contributed by atoms with van der Waals surface area (Å²) in [7, 11) is 0. The maximum atomic E-state index is 5.89. The molecule has 3 unspecified atom stereocenters. The van der Waals surface area contributed by atoms with Crippen LogP contribution in [0.15, 0.2) is 30.3 Å². The number of hydrogen-bond acceptors (Lipinski definition) is 2.